The van der Waals surface area contributed by atoms with Gasteiger partial charge in [-0.15, -0.1) is 4.39 Å². The Bertz CT molecular complexity index is 200. The van der Waals surface area contributed by atoms with Crippen molar-refractivity contribution in [2.75, 3.05) is 6.67 Å². The fourth-order valence-electron chi connectivity index (χ4n) is 0.414. The Labute approximate surface area is 70.6 Å². The molecule has 0 aromatic rings. The van der Waals surface area contributed by atoms with Crippen molar-refractivity contribution in [2.24, 2.45) is 0 Å². The van der Waals surface area contributed by atoms with Crippen LogP contribution in [0.1, 0.15) is 13.3 Å². The summed E-state index contributed by atoms with van der Waals surface area (Å²) < 4.78 is 51.9. The van der Waals surface area contributed by atoms with Gasteiger partial charge in [-0.1, -0.05) is 6.92 Å². The van der Waals surface area contributed by atoms with E-state index >= 15 is 0 Å². The molecule has 0 aromatic carbocycles. The van der Waals surface area contributed by atoms with Crippen molar-refractivity contribution in [1.82, 2.24) is 0 Å². The molecule has 0 aliphatic heterocycles. The van der Waals surface area contributed by atoms with E-state index in [2.05, 4.69) is 4.74 Å². The average molecular weight is 205 g/mol. The number of hydrogen-bond donors (Lipinski definition) is 0. The summed E-state index contributed by atoms with van der Waals surface area (Å²) in [6.45, 7) is -1.35. The van der Waals surface area contributed by atoms with Crippen LogP contribution in [0, 0.1) is 10.1 Å². The molecule has 0 rings (SSSR count). The van der Waals surface area contributed by atoms with Gasteiger partial charge < -0.3 is 0 Å². The van der Waals surface area contributed by atoms with E-state index in [1.807, 2.05) is 0 Å². The first-order valence-electron chi connectivity index (χ1n) is 3.25. The Balaban J connectivity index is 4.54. The molecule has 0 radical (unpaired) electrons. The van der Waals surface area contributed by atoms with E-state index in [1.165, 1.54) is 0 Å². The molecule has 8 heteroatoms. The largest absolute Gasteiger partial charge is 0.509 e. The monoisotopic (exact) mass is 205 g/mol. The van der Waals surface area contributed by atoms with E-state index in [0.29, 0.717) is 0 Å². The SMILES string of the molecule is CCC(F)(F)OC(F)(CF)[N+](=O)[O-]. The average Bonchev–Trinajstić information content (AvgIpc) is 2.03. The molecule has 4 nitrogen and oxygen atoms in total. The summed E-state index contributed by atoms with van der Waals surface area (Å²) in [7, 11) is 0. The van der Waals surface area contributed by atoms with Crippen molar-refractivity contribution in [3.63, 3.8) is 0 Å². The van der Waals surface area contributed by atoms with Gasteiger partial charge in [-0.25, -0.2) is 9.13 Å². The first-order chi connectivity index (χ1) is 5.77. The number of halogens is 4. The summed E-state index contributed by atoms with van der Waals surface area (Å²) in [5.41, 5.74) is 0. The molecule has 13 heavy (non-hydrogen) atoms. The molecule has 0 fully saturated rings. The van der Waals surface area contributed by atoms with Crippen molar-refractivity contribution in [2.45, 2.75) is 25.4 Å². The standard InChI is InChI=1S/C5H7F4NO3/c1-2-4(7,8)13-5(9,3-6)10(11)12/h2-3H2,1H3. The first-order valence-corrected chi connectivity index (χ1v) is 3.25. The van der Waals surface area contributed by atoms with E-state index < -0.39 is 30.1 Å². The second kappa shape index (κ2) is 3.86. The van der Waals surface area contributed by atoms with Crippen molar-refractivity contribution in [1.29, 1.82) is 0 Å². The van der Waals surface area contributed by atoms with Gasteiger partial charge in [0.05, 0.1) is 4.92 Å². The molecule has 78 valence electrons. The smallest absolute Gasteiger partial charge is 0.259 e. The predicted molar refractivity (Wildman–Crippen MR) is 33.1 cm³/mol. The highest BCUT2D eigenvalue weighted by molar-refractivity contribution is 4.56. The van der Waals surface area contributed by atoms with Crippen LogP contribution in [0.4, 0.5) is 17.6 Å². The second-order valence-electron chi connectivity index (χ2n) is 2.17. The maximum Gasteiger partial charge on any atom is 0.509 e. The lowest BCUT2D eigenvalue weighted by molar-refractivity contribution is -0.688. The third-order valence-electron chi connectivity index (χ3n) is 1.15. The number of nitro groups is 1. The zero-order valence-corrected chi connectivity index (χ0v) is 6.60. The quantitative estimate of drug-likeness (QED) is 0.226. The predicted octanol–water partition coefficient (Wildman–Crippen LogP) is 1.88. The van der Waals surface area contributed by atoms with Crippen LogP contribution in [0.25, 0.3) is 0 Å². The fraction of sp³-hybridized carbons (Fsp3) is 1.00. The summed E-state index contributed by atoms with van der Waals surface area (Å²) in [6.07, 6.45) is -5.03. The number of nitrogens with zero attached hydrogens (tertiary/aromatic N) is 1. The van der Waals surface area contributed by atoms with Gasteiger partial charge in [-0.3, -0.25) is 10.1 Å². The molecule has 0 saturated carbocycles. The fourth-order valence-corrected chi connectivity index (χ4v) is 0.414. The second-order valence-corrected chi connectivity index (χ2v) is 2.17. The lowest BCUT2D eigenvalue weighted by Gasteiger charge is -2.19. The molecule has 0 N–H and O–H groups in total. The summed E-state index contributed by atoms with van der Waals surface area (Å²) in [5, 5.41) is 9.78. The van der Waals surface area contributed by atoms with Gasteiger partial charge in [0.25, 0.3) is 0 Å². The van der Waals surface area contributed by atoms with Crippen LogP contribution in [-0.4, -0.2) is 23.7 Å². The summed E-state index contributed by atoms with van der Waals surface area (Å²) in [4.78, 5) is 7.90. The van der Waals surface area contributed by atoms with E-state index in [-0.39, 0.29) is 0 Å². The molecule has 0 aliphatic rings. The van der Waals surface area contributed by atoms with Gasteiger partial charge in [0.15, 0.2) is 0 Å². The first kappa shape index (κ1) is 12.1. The molecule has 0 amide bonds. The number of ether oxygens (including phenoxy) is 1. The van der Waals surface area contributed by atoms with Crippen molar-refractivity contribution in [3.05, 3.63) is 10.1 Å². The van der Waals surface area contributed by atoms with Crippen molar-refractivity contribution >= 4 is 0 Å². The van der Waals surface area contributed by atoms with Crippen molar-refractivity contribution < 1.29 is 27.2 Å². The molecular formula is C5H7F4NO3. The number of rotatable bonds is 5. The third kappa shape index (κ3) is 3.13. The van der Waals surface area contributed by atoms with Crippen LogP contribution in [0.3, 0.4) is 0 Å². The van der Waals surface area contributed by atoms with Crippen LogP contribution in [0.2, 0.25) is 0 Å². The summed E-state index contributed by atoms with van der Waals surface area (Å²) in [5.74, 6) is -4.17. The Kier molecular flexibility index (Phi) is 3.59. The molecule has 0 spiro atoms. The van der Waals surface area contributed by atoms with E-state index in [4.69, 9.17) is 0 Å². The molecule has 0 bridgehead atoms. The molecule has 0 heterocycles. The third-order valence-corrected chi connectivity index (χ3v) is 1.15. The van der Waals surface area contributed by atoms with Crippen LogP contribution in [-0.2, 0) is 4.74 Å². The minimum atomic E-state index is -4.17. The van der Waals surface area contributed by atoms with Crippen molar-refractivity contribution in [3.8, 4) is 0 Å². The topological polar surface area (TPSA) is 52.4 Å². The highest BCUT2D eigenvalue weighted by Crippen LogP contribution is 2.28. The Morgan fingerprint density at radius 2 is 1.92 bits per heavy atom. The Morgan fingerprint density at radius 1 is 1.46 bits per heavy atom. The van der Waals surface area contributed by atoms with Gasteiger partial charge in [0, 0.05) is 6.42 Å². The number of hydrogen-bond acceptors (Lipinski definition) is 3. The lowest BCUT2D eigenvalue weighted by Crippen LogP contribution is -2.44. The van der Waals surface area contributed by atoms with Gasteiger partial charge in [-0.05, 0) is 0 Å². The normalized spacial score (nSPS) is 16.7. The molecule has 0 saturated heterocycles. The Morgan fingerprint density at radius 3 is 2.15 bits per heavy atom. The Hall–Kier alpha value is -0.920. The van der Waals surface area contributed by atoms with E-state index in [9.17, 15) is 27.7 Å². The van der Waals surface area contributed by atoms with Gasteiger partial charge in [-0.2, -0.15) is 8.78 Å². The minimum Gasteiger partial charge on any atom is -0.259 e. The highest BCUT2D eigenvalue weighted by atomic mass is 19.3. The van der Waals surface area contributed by atoms with Crippen LogP contribution >= 0.6 is 0 Å². The maximum absolute atomic E-state index is 12.5. The lowest BCUT2D eigenvalue weighted by atomic mass is 10.4. The molecule has 0 aromatic heterocycles. The van der Waals surface area contributed by atoms with Crippen LogP contribution in [0.15, 0.2) is 0 Å². The number of alkyl halides is 4. The molecule has 0 aliphatic carbocycles. The zero-order chi connectivity index (χ0) is 10.7. The maximum atomic E-state index is 12.5. The van der Waals surface area contributed by atoms with Gasteiger partial charge >= 0.3 is 12.1 Å². The summed E-state index contributed by atoms with van der Waals surface area (Å²) >= 11 is 0. The zero-order valence-electron chi connectivity index (χ0n) is 6.60. The molecule has 1 atom stereocenters. The van der Waals surface area contributed by atoms with Gasteiger partial charge in [0.1, 0.15) is 0 Å². The summed E-state index contributed by atoms with van der Waals surface area (Å²) in [6, 6.07) is 0. The minimum absolute atomic E-state index is 0.915. The van der Waals surface area contributed by atoms with E-state index in [1.54, 1.807) is 0 Å². The van der Waals surface area contributed by atoms with Crippen LogP contribution in [0.5, 0.6) is 0 Å². The van der Waals surface area contributed by atoms with Crippen LogP contribution < -0.4 is 0 Å². The van der Waals surface area contributed by atoms with E-state index in [0.717, 1.165) is 6.92 Å². The van der Waals surface area contributed by atoms with Gasteiger partial charge in [0.2, 0.25) is 6.67 Å². The highest BCUT2D eigenvalue weighted by Gasteiger charge is 2.53. The molecular weight excluding hydrogens is 198 g/mol. The molecule has 1 unspecified atom stereocenters.